The molecule has 170 valence electrons. The first-order chi connectivity index (χ1) is 16.6. The summed E-state index contributed by atoms with van der Waals surface area (Å²) in [5.74, 6) is -0.306. The van der Waals surface area contributed by atoms with Crippen LogP contribution in [0, 0.1) is 18.3 Å². The minimum atomic E-state index is -0.306. The quantitative estimate of drug-likeness (QED) is 0.376. The summed E-state index contributed by atoms with van der Waals surface area (Å²) in [6.07, 6.45) is 0. The van der Waals surface area contributed by atoms with Crippen LogP contribution < -0.4 is 10.6 Å². The van der Waals surface area contributed by atoms with Crippen molar-refractivity contribution in [2.24, 2.45) is 0 Å². The molecular weight excluding hydrogens is 426 g/mol. The van der Waals surface area contributed by atoms with Crippen LogP contribution in [-0.2, 0) is 0 Å². The topological polar surface area (TPSA) is 103 Å². The maximum atomic E-state index is 13.2. The zero-order valence-electron chi connectivity index (χ0n) is 18.8. The van der Waals surface area contributed by atoms with Gasteiger partial charge in [0.1, 0.15) is 5.69 Å². The van der Waals surface area contributed by atoms with Crippen molar-refractivity contribution < 1.29 is 9.90 Å². The lowest BCUT2D eigenvalue weighted by Crippen LogP contribution is -2.25. The van der Waals surface area contributed by atoms with Gasteiger partial charge < -0.3 is 15.7 Å². The van der Waals surface area contributed by atoms with Gasteiger partial charge in [-0.05, 0) is 54.4 Å². The third-order valence-corrected chi connectivity index (χ3v) is 5.35. The highest BCUT2D eigenvalue weighted by molar-refractivity contribution is 6.03. The third kappa shape index (κ3) is 5.21. The van der Waals surface area contributed by atoms with Crippen LogP contribution in [0.1, 0.15) is 38.9 Å². The normalized spacial score (nSPS) is 11.6. The van der Waals surface area contributed by atoms with Gasteiger partial charge in [0, 0.05) is 12.2 Å². The Hall–Kier alpha value is -4.25. The SMILES string of the molecule is Cc1cc(C(=O)Nc2cccc(C(NCCO)c3ccccc3)c2)n(-c2cccc(C#N)c2)n1. The van der Waals surface area contributed by atoms with Gasteiger partial charge in [-0.1, -0.05) is 48.5 Å². The average molecular weight is 452 g/mol. The third-order valence-electron chi connectivity index (χ3n) is 5.35. The fraction of sp³-hybridized carbons (Fsp3) is 0.148. The molecule has 7 nitrogen and oxygen atoms in total. The van der Waals surface area contributed by atoms with Crippen molar-refractivity contribution in [3.8, 4) is 11.8 Å². The molecule has 4 aromatic rings. The number of aryl methyl sites for hydroxylation is 1. The standard InChI is InChI=1S/C27H25N5O2/c1-19-15-25(32(31-19)24-12-5-7-20(16-24)18-28)27(34)30-23-11-6-10-22(17-23)26(29-13-14-33)21-8-3-2-4-9-21/h2-12,15-17,26,29,33H,13-14H2,1H3,(H,30,34). The zero-order valence-corrected chi connectivity index (χ0v) is 18.8. The second kappa shape index (κ2) is 10.6. The number of anilines is 1. The van der Waals surface area contributed by atoms with Crippen molar-refractivity contribution in [3.63, 3.8) is 0 Å². The second-order valence-corrected chi connectivity index (χ2v) is 7.85. The summed E-state index contributed by atoms with van der Waals surface area (Å²) in [7, 11) is 0. The van der Waals surface area contributed by atoms with Crippen LogP contribution in [0.2, 0.25) is 0 Å². The van der Waals surface area contributed by atoms with Gasteiger partial charge >= 0.3 is 0 Å². The van der Waals surface area contributed by atoms with Crippen LogP contribution in [0.3, 0.4) is 0 Å². The number of aromatic nitrogens is 2. The summed E-state index contributed by atoms with van der Waals surface area (Å²) < 4.78 is 1.55. The Bertz CT molecular complexity index is 1320. The first kappa shape index (κ1) is 22.9. The lowest BCUT2D eigenvalue weighted by atomic mass is 9.98. The van der Waals surface area contributed by atoms with E-state index in [0.29, 0.717) is 34.9 Å². The van der Waals surface area contributed by atoms with E-state index in [1.54, 1.807) is 28.9 Å². The number of amides is 1. The fourth-order valence-electron chi connectivity index (χ4n) is 3.84. The van der Waals surface area contributed by atoms with Crippen LogP contribution in [0.4, 0.5) is 5.69 Å². The van der Waals surface area contributed by atoms with Crippen molar-refractivity contribution >= 4 is 11.6 Å². The van der Waals surface area contributed by atoms with E-state index in [1.807, 2.05) is 67.6 Å². The van der Waals surface area contributed by atoms with E-state index in [2.05, 4.69) is 21.8 Å². The largest absolute Gasteiger partial charge is 0.395 e. The molecule has 1 aromatic heterocycles. The molecule has 0 radical (unpaired) electrons. The Morgan fingerprint density at radius 1 is 1.03 bits per heavy atom. The van der Waals surface area contributed by atoms with Gasteiger partial charge in [-0.3, -0.25) is 4.79 Å². The molecule has 0 spiro atoms. The van der Waals surface area contributed by atoms with Crippen LogP contribution in [0.5, 0.6) is 0 Å². The Morgan fingerprint density at radius 3 is 2.56 bits per heavy atom. The number of aliphatic hydroxyl groups excluding tert-OH is 1. The molecule has 0 saturated heterocycles. The van der Waals surface area contributed by atoms with Crippen LogP contribution in [0.15, 0.2) is 84.9 Å². The molecule has 1 unspecified atom stereocenters. The maximum absolute atomic E-state index is 13.2. The van der Waals surface area contributed by atoms with E-state index in [1.165, 1.54) is 0 Å². The van der Waals surface area contributed by atoms with E-state index in [9.17, 15) is 15.2 Å². The molecular formula is C27H25N5O2. The summed E-state index contributed by atoms with van der Waals surface area (Å²) in [5.41, 5.74) is 4.87. The van der Waals surface area contributed by atoms with Gasteiger partial charge in [0.25, 0.3) is 5.91 Å². The van der Waals surface area contributed by atoms with Crippen molar-refractivity contribution in [1.82, 2.24) is 15.1 Å². The van der Waals surface area contributed by atoms with E-state index in [4.69, 9.17) is 0 Å². The van der Waals surface area contributed by atoms with E-state index >= 15 is 0 Å². The number of carbonyl (C=O) groups excluding carboxylic acids is 1. The predicted octanol–water partition coefficient (Wildman–Crippen LogP) is 3.98. The smallest absolute Gasteiger partial charge is 0.274 e. The van der Waals surface area contributed by atoms with Gasteiger partial charge in [0.05, 0.1) is 35.7 Å². The zero-order chi connectivity index (χ0) is 23.9. The minimum Gasteiger partial charge on any atom is -0.395 e. The molecule has 1 heterocycles. The number of hydrogen-bond acceptors (Lipinski definition) is 5. The number of benzene rings is 3. The molecule has 1 amide bonds. The summed E-state index contributed by atoms with van der Waals surface area (Å²) in [4.78, 5) is 13.2. The molecule has 3 aromatic carbocycles. The van der Waals surface area contributed by atoms with Crippen molar-refractivity contribution in [1.29, 1.82) is 5.26 Å². The molecule has 0 aliphatic carbocycles. The highest BCUT2D eigenvalue weighted by Gasteiger charge is 2.18. The van der Waals surface area contributed by atoms with E-state index in [-0.39, 0.29) is 18.6 Å². The molecule has 0 aliphatic heterocycles. The monoisotopic (exact) mass is 451 g/mol. The maximum Gasteiger partial charge on any atom is 0.274 e. The Morgan fingerprint density at radius 2 is 1.79 bits per heavy atom. The molecule has 0 aliphatic rings. The molecule has 3 N–H and O–H groups in total. The molecule has 0 bridgehead atoms. The van der Waals surface area contributed by atoms with Crippen LogP contribution >= 0.6 is 0 Å². The number of aliphatic hydroxyl groups is 1. The van der Waals surface area contributed by atoms with Crippen molar-refractivity contribution in [2.75, 3.05) is 18.5 Å². The molecule has 7 heteroatoms. The second-order valence-electron chi connectivity index (χ2n) is 7.85. The van der Waals surface area contributed by atoms with Crippen molar-refractivity contribution in [3.05, 3.63) is 113 Å². The highest BCUT2D eigenvalue weighted by Crippen LogP contribution is 2.25. The van der Waals surface area contributed by atoms with Gasteiger partial charge in [-0.25, -0.2) is 4.68 Å². The number of rotatable bonds is 8. The van der Waals surface area contributed by atoms with Crippen LogP contribution in [-0.4, -0.2) is 33.9 Å². The van der Waals surface area contributed by atoms with E-state index < -0.39 is 0 Å². The fourth-order valence-corrected chi connectivity index (χ4v) is 3.84. The van der Waals surface area contributed by atoms with Gasteiger partial charge in [0.15, 0.2) is 0 Å². The average Bonchev–Trinajstić information content (AvgIpc) is 3.27. The number of hydrogen-bond donors (Lipinski definition) is 3. The van der Waals surface area contributed by atoms with Crippen molar-refractivity contribution in [2.45, 2.75) is 13.0 Å². The van der Waals surface area contributed by atoms with Gasteiger partial charge in [0.2, 0.25) is 0 Å². The summed E-state index contributed by atoms with van der Waals surface area (Å²) in [6.45, 7) is 2.28. The molecule has 34 heavy (non-hydrogen) atoms. The first-order valence-corrected chi connectivity index (χ1v) is 11.0. The molecule has 0 fully saturated rings. The Balaban J connectivity index is 1.61. The minimum absolute atomic E-state index is 0.0239. The first-order valence-electron chi connectivity index (χ1n) is 11.0. The highest BCUT2D eigenvalue weighted by atomic mass is 16.3. The van der Waals surface area contributed by atoms with Crippen LogP contribution in [0.25, 0.3) is 5.69 Å². The Labute approximate surface area is 198 Å². The Kier molecular flexibility index (Phi) is 7.13. The molecule has 1 atom stereocenters. The lowest BCUT2D eigenvalue weighted by Gasteiger charge is -2.20. The number of nitriles is 1. The predicted molar refractivity (Wildman–Crippen MR) is 131 cm³/mol. The number of nitrogens with one attached hydrogen (secondary N) is 2. The summed E-state index contributed by atoms with van der Waals surface area (Å²) in [5, 5.41) is 29.3. The molecule has 0 saturated carbocycles. The number of nitrogens with zero attached hydrogens (tertiary/aromatic N) is 3. The molecule has 4 rings (SSSR count). The summed E-state index contributed by atoms with van der Waals surface area (Å²) >= 11 is 0. The van der Waals surface area contributed by atoms with Gasteiger partial charge in [-0.2, -0.15) is 10.4 Å². The summed E-state index contributed by atoms with van der Waals surface area (Å²) in [6, 6.07) is 28.3. The lowest BCUT2D eigenvalue weighted by molar-refractivity contribution is 0.101. The van der Waals surface area contributed by atoms with E-state index in [0.717, 1.165) is 11.1 Å². The number of carbonyl (C=O) groups is 1. The van der Waals surface area contributed by atoms with Gasteiger partial charge in [-0.15, -0.1) is 0 Å².